The number of hydrogen-bond donors (Lipinski definition) is 1. The van der Waals surface area contributed by atoms with E-state index >= 15 is 0 Å². The Balaban J connectivity index is 1.83. The molecule has 0 aromatic heterocycles. The van der Waals surface area contributed by atoms with E-state index in [1.807, 2.05) is 18.2 Å². The third-order valence-corrected chi connectivity index (χ3v) is 5.29. The summed E-state index contributed by atoms with van der Waals surface area (Å²) in [4.78, 5) is 0.257. The van der Waals surface area contributed by atoms with Crippen LogP contribution in [0.4, 0.5) is 0 Å². The second kappa shape index (κ2) is 5.50. The normalized spacial score (nSPS) is 17.5. The number of fused-ring (bicyclic) bond motifs is 1. The van der Waals surface area contributed by atoms with Crippen LogP contribution in [-0.4, -0.2) is 15.5 Å². The van der Waals surface area contributed by atoms with Crippen LogP contribution in [0, 0.1) is 0 Å². The van der Waals surface area contributed by atoms with Gasteiger partial charge in [-0.25, -0.2) is 13.1 Å². The minimum Gasteiger partial charge on any atom is -0.497 e. The van der Waals surface area contributed by atoms with Crippen molar-refractivity contribution in [3.63, 3.8) is 0 Å². The van der Waals surface area contributed by atoms with Crippen molar-refractivity contribution in [2.75, 3.05) is 7.11 Å². The number of sulfonamides is 1. The highest BCUT2D eigenvalue weighted by molar-refractivity contribution is 7.89. The summed E-state index contributed by atoms with van der Waals surface area (Å²) in [5, 5.41) is 0. The Morgan fingerprint density at radius 1 is 1.10 bits per heavy atom. The first-order valence-corrected chi connectivity index (χ1v) is 8.32. The topological polar surface area (TPSA) is 55.4 Å². The Morgan fingerprint density at radius 2 is 1.81 bits per heavy atom. The molecule has 2 aromatic carbocycles. The van der Waals surface area contributed by atoms with Crippen LogP contribution in [0.5, 0.6) is 5.75 Å². The third kappa shape index (κ3) is 2.80. The predicted molar refractivity (Wildman–Crippen MR) is 80.8 cm³/mol. The first kappa shape index (κ1) is 14.1. The lowest BCUT2D eigenvalue weighted by Crippen LogP contribution is -2.27. The Labute approximate surface area is 124 Å². The number of benzene rings is 2. The van der Waals surface area contributed by atoms with Gasteiger partial charge in [0.15, 0.2) is 0 Å². The third-order valence-electron chi connectivity index (χ3n) is 3.80. The molecule has 0 saturated carbocycles. The average Bonchev–Trinajstić information content (AvgIpc) is 2.90. The number of nitrogens with one attached hydrogen (secondary N) is 1. The first-order valence-electron chi connectivity index (χ1n) is 6.84. The molecular weight excluding hydrogens is 286 g/mol. The van der Waals surface area contributed by atoms with Crippen LogP contribution >= 0.6 is 0 Å². The van der Waals surface area contributed by atoms with E-state index < -0.39 is 10.0 Å². The predicted octanol–water partition coefficient (Wildman–Crippen LogP) is 2.66. The molecule has 0 unspecified atom stereocenters. The Morgan fingerprint density at radius 3 is 2.52 bits per heavy atom. The van der Waals surface area contributed by atoms with Gasteiger partial charge >= 0.3 is 0 Å². The van der Waals surface area contributed by atoms with Crippen molar-refractivity contribution >= 4 is 10.0 Å². The van der Waals surface area contributed by atoms with Crippen molar-refractivity contribution in [2.45, 2.75) is 23.8 Å². The fraction of sp³-hybridized carbons (Fsp3) is 0.250. The van der Waals surface area contributed by atoms with Gasteiger partial charge in [-0.15, -0.1) is 0 Å². The van der Waals surface area contributed by atoms with Crippen LogP contribution in [0.1, 0.15) is 23.6 Å². The molecule has 0 amide bonds. The largest absolute Gasteiger partial charge is 0.497 e. The highest BCUT2D eigenvalue weighted by atomic mass is 32.2. The maximum atomic E-state index is 12.4. The van der Waals surface area contributed by atoms with E-state index in [2.05, 4.69) is 10.8 Å². The van der Waals surface area contributed by atoms with Crippen molar-refractivity contribution in [3.8, 4) is 5.75 Å². The molecule has 0 saturated heterocycles. The SMILES string of the molecule is COc1ccc(S(=O)(=O)N[C@@H]2CCc3ccccc32)cc1. The summed E-state index contributed by atoms with van der Waals surface area (Å²) in [5.74, 6) is 0.639. The van der Waals surface area contributed by atoms with Gasteiger partial charge in [-0.05, 0) is 48.2 Å². The molecule has 0 fully saturated rings. The van der Waals surface area contributed by atoms with Gasteiger partial charge in [0.05, 0.1) is 12.0 Å². The van der Waals surface area contributed by atoms with Crippen molar-refractivity contribution in [1.82, 2.24) is 4.72 Å². The quantitative estimate of drug-likeness (QED) is 0.944. The zero-order chi connectivity index (χ0) is 14.9. The van der Waals surface area contributed by atoms with Gasteiger partial charge in [0.2, 0.25) is 10.0 Å². The molecule has 1 aliphatic carbocycles. The molecule has 0 bridgehead atoms. The van der Waals surface area contributed by atoms with Gasteiger partial charge in [-0.3, -0.25) is 0 Å². The van der Waals surface area contributed by atoms with Crippen LogP contribution in [0.2, 0.25) is 0 Å². The summed E-state index contributed by atoms with van der Waals surface area (Å²) in [7, 11) is -1.96. The molecule has 5 heteroatoms. The van der Waals surface area contributed by atoms with Gasteiger partial charge in [-0.1, -0.05) is 24.3 Å². The molecule has 0 spiro atoms. The number of rotatable bonds is 4. The first-order chi connectivity index (χ1) is 10.1. The lowest BCUT2D eigenvalue weighted by Gasteiger charge is -2.14. The Bertz CT molecular complexity index is 738. The molecule has 2 aromatic rings. The van der Waals surface area contributed by atoms with Crippen molar-refractivity contribution in [3.05, 3.63) is 59.7 Å². The molecule has 4 nitrogen and oxygen atoms in total. The number of hydrogen-bond acceptors (Lipinski definition) is 3. The van der Waals surface area contributed by atoms with E-state index in [1.54, 1.807) is 31.4 Å². The van der Waals surface area contributed by atoms with E-state index in [0.717, 1.165) is 18.4 Å². The van der Waals surface area contributed by atoms with Crippen LogP contribution in [0.25, 0.3) is 0 Å². The Kier molecular flexibility index (Phi) is 3.69. The van der Waals surface area contributed by atoms with Gasteiger partial charge in [-0.2, -0.15) is 0 Å². The van der Waals surface area contributed by atoms with Gasteiger partial charge < -0.3 is 4.74 Å². The van der Waals surface area contributed by atoms with Gasteiger partial charge in [0, 0.05) is 6.04 Å². The standard InChI is InChI=1S/C16H17NO3S/c1-20-13-7-9-14(10-8-13)21(18,19)17-16-11-6-12-4-2-3-5-15(12)16/h2-5,7-10,16-17H,6,11H2,1H3/t16-/m1/s1. The highest BCUT2D eigenvalue weighted by Crippen LogP contribution is 2.32. The molecule has 1 atom stereocenters. The molecule has 0 aliphatic heterocycles. The second-order valence-electron chi connectivity index (χ2n) is 5.09. The van der Waals surface area contributed by atoms with Crippen LogP contribution in [0.15, 0.2) is 53.4 Å². The molecule has 110 valence electrons. The van der Waals surface area contributed by atoms with Gasteiger partial charge in [0.1, 0.15) is 5.75 Å². The summed E-state index contributed by atoms with van der Waals surface area (Å²) >= 11 is 0. The van der Waals surface area contributed by atoms with E-state index in [1.165, 1.54) is 5.56 Å². The highest BCUT2D eigenvalue weighted by Gasteiger charge is 2.27. The molecule has 21 heavy (non-hydrogen) atoms. The summed E-state index contributed by atoms with van der Waals surface area (Å²) in [6, 6.07) is 14.2. The van der Waals surface area contributed by atoms with Crippen LogP contribution in [-0.2, 0) is 16.4 Å². The van der Waals surface area contributed by atoms with E-state index in [4.69, 9.17) is 4.74 Å². The van der Waals surface area contributed by atoms with Crippen LogP contribution < -0.4 is 9.46 Å². The number of aryl methyl sites for hydroxylation is 1. The van der Waals surface area contributed by atoms with Crippen molar-refractivity contribution in [2.24, 2.45) is 0 Å². The maximum absolute atomic E-state index is 12.4. The monoisotopic (exact) mass is 303 g/mol. The molecular formula is C16H17NO3S. The second-order valence-corrected chi connectivity index (χ2v) is 6.80. The molecule has 0 heterocycles. The summed E-state index contributed by atoms with van der Waals surface area (Å²) < 4.78 is 32.7. The minimum atomic E-state index is -3.52. The molecule has 1 aliphatic rings. The van der Waals surface area contributed by atoms with E-state index in [9.17, 15) is 8.42 Å². The van der Waals surface area contributed by atoms with Crippen molar-refractivity contribution in [1.29, 1.82) is 0 Å². The zero-order valence-electron chi connectivity index (χ0n) is 11.7. The van der Waals surface area contributed by atoms with Crippen LogP contribution in [0.3, 0.4) is 0 Å². The van der Waals surface area contributed by atoms with Crippen molar-refractivity contribution < 1.29 is 13.2 Å². The lowest BCUT2D eigenvalue weighted by atomic mass is 10.1. The van der Waals surface area contributed by atoms with E-state index in [-0.39, 0.29) is 10.9 Å². The number of methoxy groups -OCH3 is 1. The lowest BCUT2D eigenvalue weighted by molar-refractivity contribution is 0.414. The maximum Gasteiger partial charge on any atom is 0.241 e. The van der Waals surface area contributed by atoms with E-state index in [0.29, 0.717) is 5.75 Å². The fourth-order valence-electron chi connectivity index (χ4n) is 2.69. The summed E-state index contributed by atoms with van der Waals surface area (Å²) in [5.41, 5.74) is 2.30. The fourth-order valence-corrected chi connectivity index (χ4v) is 3.94. The van der Waals surface area contributed by atoms with Gasteiger partial charge in [0.25, 0.3) is 0 Å². The molecule has 0 radical (unpaired) electrons. The smallest absolute Gasteiger partial charge is 0.241 e. The Hall–Kier alpha value is -1.85. The molecule has 3 rings (SSSR count). The number of ether oxygens (including phenoxy) is 1. The molecule has 1 N–H and O–H groups in total. The zero-order valence-corrected chi connectivity index (χ0v) is 12.6. The average molecular weight is 303 g/mol. The summed E-state index contributed by atoms with van der Waals surface area (Å²) in [6.45, 7) is 0. The minimum absolute atomic E-state index is 0.145. The summed E-state index contributed by atoms with van der Waals surface area (Å²) in [6.07, 6.45) is 1.71.